The zero-order valence-corrected chi connectivity index (χ0v) is 19.9. The number of para-hydroxylation sites is 1. The quantitative estimate of drug-likeness (QED) is 0.245. The van der Waals surface area contributed by atoms with Crippen molar-refractivity contribution in [2.24, 2.45) is 4.99 Å². The summed E-state index contributed by atoms with van der Waals surface area (Å²) in [4.78, 5) is 6.85. The second-order valence-electron chi connectivity index (χ2n) is 6.96. The van der Waals surface area contributed by atoms with Crippen LogP contribution in [0.25, 0.3) is 0 Å². The summed E-state index contributed by atoms with van der Waals surface area (Å²) in [6.07, 6.45) is 2.23. The minimum absolute atomic E-state index is 0. The van der Waals surface area contributed by atoms with Crippen LogP contribution in [0.3, 0.4) is 0 Å². The van der Waals surface area contributed by atoms with Gasteiger partial charge in [-0.3, -0.25) is 9.89 Å². The number of hydrogen-bond acceptors (Lipinski definition) is 3. The Morgan fingerprint density at radius 1 is 1.10 bits per heavy atom. The molecule has 0 unspecified atom stereocenters. The molecule has 1 aliphatic heterocycles. The molecule has 2 aromatic rings. The molecular weight excluding hydrogens is 499 g/mol. The number of aliphatic imine (C=N–C) groups is 1. The third-order valence-electron chi connectivity index (χ3n) is 4.89. The number of benzene rings is 2. The number of ether oxygens (including phenoxy) is 1. The molecule has 0 spiro atoms. The molecular formula is C22H30ClIN4O. The maximum atomic E-state index is 6.10. The third-order valence-corrected chi connectivity index (χ3v) is 5.20. The fraction of sp³-hybridized carbons (Fsp3) is 0.409. The molecule has 158 valence electrons. The van der Waals surface area contributed by atoms with Gasteiger partial charge in [-0.05, 0) is 30.5 Å². The second-order valence-corrected chi connectivity index (χ2v) is 7.37. The normalized spacial score (nSPS) is 15.4. The topological polar surface area (TPSA) is 48.9 Å². The van der Waals surface area contributed by atoms with Gasteiger partial charge in [0.25, 0.3) is 0 Å². The van der Waals surface area contributed by atoms with E-state index < -0.39 is 0 Å². The van der Waals surface area contributed by atoms with Crippen LogP contribution in [0.4, 0.5) is 0 Å². The third kappa shape index (κ3) is 8.03. The summed E-state index contributed by atoms with van der Waals surface area (Å²) in [6.45, 7) is 4.41. The summed E-state index contributed by atoms with van der Waals surface area (Å²) >= 11 is 6.10. The van der Waals surface area contributed by atoms with Crippen LogP contribution < -0.4 is 15.4 Å². The van der Waals surface area contributed by atoms with Gasteiger partial charge in [0.2, 0.25) is 0 Å². The van der Waals surface area contributed by atoms with Crippen LogP contribution in [0.5, 0.6) is 5.75 Å². The average Bonchev–Trinajstić information content (AvgIpc) is 2.73. The Balaban J connectivity index is 0.00000300. The molecule has 0 saturated carbocycles. The highest BCUT2D eigenvalue weighted by atomic mass is 127. The predicted octanol–water partition coefficient (Wildman–Crippen LogP) is 4.17. The maximum Gasteiger partial charge on any atom is 0.191 e. The SMILES string of the molecule is CN=C(NCCOc1ccccc1Cl)NC1CCN(Cc2ccccc2)CC1.I. The number of piperidine rings is 1. The maximum absolute atomic E-state index is 6.10. The van der Waals surface area contributed by atoms with Gasteiger partial charge in [0.1, 0.15) is 12.4 Å². The van der Waals surface area contributed by atoms with E-state index in [-0.39, 0.29) is 24.0 Å². The first-order chi connectivity index (χ1) is 13.7. The highest BCUT2D eigenvalue weighted by molar-refractivity contribution is 14.0. The molecule has 7 heteroatoms. The Morgan fingerprint density at radius 2 is 1.79 bits per heavy atom. The van der Waals surface area contributed by atoms with E-state index in [4.69, 9.17) is 16.3 Å². The van der Waals surface area contributed by atoms with E-state index in [2.05, 4.69) is 50.9 Å². The summed E-state index contributed by atoms with van der Waals surface area (Å²) in [5.41, 5.74) is 1.38. The van der Waals surface area contributed by atoms with Crippen molar-refractivity contribution < 1.29 is 4.74 Å². The molecule has 0 aliphatic carbocycles. The van der Waals surface area contributed by atoms with Crippen LogP contribution in [0.15, 0.2) is 59.6 Å². The van der Waals surface area contributed by atoms with E-state index in [1.165, 1.54) is 5.56 Å². The first kappa shape index (κ1) is 23.8. The van der Waals surface area contributed by atoms with Crippen LogP contribution >= 0.6 is 35.6 Å². The number of likely N-dealkylation sites (tertiary alicyclic amines) is 1. The lowest BCUT2D eigenvalue weighted by Crippen LogP contribution is -2.49. The Kier molecular flexibility index (Phi) is 10.6. The standard InChI is InChI=1S/C22H29ClN4O.HI/c1-24-22(25-13-16-28-21-10-6-5-9-20(21)23)26-19-11-14-27(15-12-19)17-18-7-3-2-4-8-18;/h2-10,19H,11-17H2,1H3,(H2,24,25,26);1H. The van der Waals surface area contributed by atoms with Crippen LogP contribution in [-0.4, -0.2) is 50.2 Å². The lowest BCUT2D eigenvalue weighted by Gasteiger charge is -2.33. The summed E-state index contributed by atoms with van der Waals surface area (Å²) in [5.74, 6) is 1.53. The molecule has 0 atom stereocenters. The first-order valence-electron chi connectivity index (χ1n) is 9.85. The van der Waals surface area contributed by atoms with Gasteiger partial charge in [0.15, 0.2) is 5.96 Å². The molecule has 1 heterocycles. The van der Waals surface area contributed by atoms with E-state index in [9.17, 15) is 0 Å². The van der Waals surface area contributed by atoms with Crippen LogP contribution in [0, 0.1) is 0 Å². The molecule has 0 radical (unpaired) electrons. The van der Waals surface area contributed by atoms with E-state index in [0.29, 0.717) is 30.0 Å². The molecule has 1 saturated heterocycles. The number of halogens is 2. The summed E-state index contributed by atoms with van der Waals surface area (Å²) in [7, 11) is 1.80. The van der Waals surface area contributed by atoms with Crippen molar-refractivity contribution in [1.29, 1.82) is 0 Å². The number of hydrogen-bond donors (Lipinski definition) is 2. The average molecular weight is 529 g/mol. The molecule has 1 fully saturated rings. The Labute approximate surface area is 195 Å². The van der Waals surface area contributed by atoms with Crippen molar-refractivity contribution >= 4 is 41.5 Å². The van der Waals surface area contributed by atoms with Crippen molar-refractivity contribution in [3.63, 3.8) is 0 Å². The van der Waals surface area contributed by atoms with Crippen molar-refractivity contribution in [3.05, 3.63) is 65.2 Å². The van der Waals surface area contributed by atoms with Crippen LogP contribution in [0.1, 0.15) is 18.4 Å². The Morgan fingerprint density at radius 3 is 2.48 bits per heavy atom. The zero-order valence-electron chi connectivity index (χ0n) is 16.8. The van der Waals surface area contributed by atoms with Crippen LogP contribution in [-0.2, 0) is 6.54 Å². The fourth-order valence-corrected chi connectivity index (χ4v) is 3.55. The van der Waals surface area contributed by atoms with Gasteiger partial charge in [0, 0.05) is 32.7 Å². The van der Waals surface area contributed by atoms with E-state index in [1.54, 1.807) is 7.05 Å². The molecule has 0 amide bonds. The van der Waals surface area contributed by atoms with Gasteiger partial charge < -0.3 is 15.4 Å². The highest BCUT2D eigenvalue weighted by Crippen LogP contribution is 2.22. The van der Waals surface area contributed by atoms with Crippen LogP contribution in [0.2, 0.25) is 5.02 Å². The lowest BCUT2D eigenvalue weighted by atomic mass is 10.0. The van der Waals surface area contributed by atoms with E-state index >= 15 is 0 Å². The van der Waals surface area contributed by atoms with Crippen molar-refractivity contribution in [3.8, 4) is 5.75 Å². The Hall–Kier alpha value is -1.51. The smallest absolute Gasteiger partial charge is 0.191 e. The summed E-state index contributed by atoms with van der Waals surface area (Å²) in [6, 6.07) is 18.6. The summed E-state index contributed by atoms with van der Waals surface area (Å²) in [5, 5.41) is 7.48. The first-order valence-corrected chi connectivity index (χ1v) is 10.2. The van der Waals surface area contributed by atoms with E-state index in [0.717, 1.165) is 38.4 Å². The number of guanidine groups is 1. The van der Waals surface area contributed by atoms with Gasteiger partial charge in [-0.1, -0.05) is 54.1 Å². The van der Waals surface area contributed by atoms with Gasteiger partial charge in [-0.2, -0.15) is 0 Å². The molecule has 29 heavy (non-hydrogen) atoms. The number of nitrogens with one attached hydrogen (secondary N) is 2. The number of nitrogens with zero attached hydrogens (tertiary/aromatic N) is 2. The molecule has 0 aromatic heterocycles. The van der Waals surface area contributed by atoms with Crippen molar-refractivity contribution in [2.75, 3.05) is 33.3 Å². The molecule has 3 rings (SSSR count). The summed E-state index contributed by atoms with van der Waals surface area (Å²) < 4.78 is 5.71. The van der Waals surface area contributed by atoms with E-state index in [1.807, 2.05) is 24.3 Å². The fourth-order valence-electron chi connectivity index (χ4n) is 3.36. The van der Waals surface area contributed by atoms with Gasteiger partial charge >= 0.3 is 0 Å². The van der Waals surface area contributed by atoms with Gasteiger partial charge in [-0.25, -0.2) is 0 Å². The van der Waals surface area contributed by atoms with Crippen molar-refractivity contribution in [2.45, 2.75) is 25.4 Å². The highest BCUT2D eigenvalue weighted by Gasteiger charge is 2.19. The predicted molar refractivity (Wildman–Crippen MR) is 132 cm³/mol. The monoisotopic (exact) mass is 528 g/mol. The minimum Gasteiger partial charge on any atom is -0.490 e. The van der Waals surface area contributed by atoms with Crippen molar-refractivity contribution in [1.82, 2.24) is 15.5 Å². The molecule has 1 aliphatic rings. The molecule has 2 N–H and O–H groups in total. The minimum atomic E-state index is 0. The van der Waals surface area contributed by atoms with Gasteiger partial charge in [-0.15, -0.1) is 24.0 Å². The lowest BCUT2D eigenvalue weighted by molar-refractivity contribution is 0.198. The molecule has 0 bridgehead atoms. The second kappa shape index (κ2) is 12.9. The van der Waals surface area contributed by atoms with Gasteiger partial charge in [0.05, 0.1) is 11.6 Å². The Bertz CT molecular complexity index is 751. The zero-order chi connectivity index (χ0) is 19.6. The molecule has 2 aromatic carbocycles. The largest absolute Gasteiger partial charge is 0.490 e. The number of rotatable bonds is 7. The molecule has 5 nitrogen and oxygen atoms in total.